The molecular weight excluding hydrogens is 254 g/mol. The molecule has 0 radical (unpaired) electrons. The van der Waals surface area contributed by atoms with Crippen molar-refractivity contribution in [2.75, 3.05) is 26.0 Å². The summed E-state index contributed by atoms with van der Waals surface area (Å²) in [5, 5.41) is 5.50. The van der Waals surface area contributed by atoms with Gasteiger partial charge in [-0.1, -0.05) is 12.1 Å². The Balaban J connectivity index is 2.64. The number of aryl methyl sites for hydroxylation is 1. The van der Waals surface area contributed by atoms with Gasteiger partial charge in [-0.15, -0.1) is 0 Å². The maximum absolute atomic E-state index is 12.0. The van der Waals surface area contributed by atoms with Crippen LogP contribution in [0, 0.1) is 13.8 Å². The first-order chi connectivity index (χ1) is 9.36. The Labute approximate surface area is 120 Å². The average Bonchev–Trinajstić information content (AvgIpc) is 2.42. The molecule has 0 fully saturated rings. The topological polar surface area (TPSA) is 62.6 Å². The minimum Gasteiger partial charge on any atom is -0.354 e. The van der Waals surface area contributed by atoms with E-state index in [9.17, 15) is 9.59 Å². The third-order valence-electron chi connectivity index (χ3n) is 3.70. The SMILES string of the molecule is CNC(=O)[C@@H](C)[NH+](C)CC(=O)Nc1cccc(C)c1C. The van der Waals surface area contributed by atoms with Crippen LogP contribution in [0.1, 0.15) is 18.1 Å². The Hall–Kier alpha value is -1.88. The van der Waals surface area contributed by atoms with E-state index in [0.29, 0.717) is 0 Å². The lowest BCUT2D eigenvalue weighted by atomic mass is 10.1. The maximum atomic E-state index is 12.0. The molecule has 5 nitrogen and oxygen atoms in total. The highest BCUT2D eigenvalue weighted by molar-refractivity contribution is 5.92. The van der Waals surface area contributed by atoms with Crippen LogP contribution >= 0.6 is 0 Å². The average molecular weight is 278 g/mol. The minimum absolute atomic E-state index is 0.0676. The number of hydrogen-bond acceptors (Lipinski definition) is 2. The van der Waals surface area contributed by atoms with Gasteiger partial charge in [0.25, 0.3) is 11.8 Å². The van der Waals surface area contributed by atoms with Gasteiger partial charge >= 0.3 is 0 Å². The smallest absolute Gasteiger partial charge is 0.279 e. The monoisotopic (exact) mass is 278 g/mol. The van der Waals surface area contributed by atoms with E-state index < -0.39 is 0 Å². The zero-order valence-corrected chi connectivity index (χ0v) is 12.8. The van der Waals surface area contributed by atoms with Crippen LogP contribution in [0.4, 0.5) is 5.69 Å². The third kappa shape index (κ3) is 4.06. The lowest BCUT2D eigenvalue weighted by molar-refractivity contribution is -0.885. The minimum atomic E-state index is -0.260. The molecule has 0 aliphatic carbocycles. The summed E-state index contributed by atoms with van der Waals surface area (Å²) in [5.41, 5.74) is 3.04. The first-order valence-corrected chi connectivity index (χ1v) is 6.76. The van der Waals surface area contributed by atoms with E-state index in [1.165, 1.54) is 0 Å². The van der Waals surface area contributed by atoms with Gasteiger partial charge in [0.1, 0.15) is 0 Å². The number of carbonyl (C=O) groups is 2. The molecule has 0 aliphatic heterocycles. The van der Waals surface area contributed by atoms with Crippen LogP contribution in [0.25, 0.3) is 0 Å². The van der Waals surface area contributed by atoms with Crippen molar-refractivity contribution in [3.8, 4) is 0 Å². The van der Waals surface area contributed by atoms with Crippen LogP contribution in [0.15, 0.2) is 18.2 Å². The van der Waals surface area contributed by atoms with E-state index >= 15 is 0 Å². The highest BCUT2D eigenvalue weighted by Gasteiger charge is 2.22. The van der Waals surface area contributed by atoms with Crippen molar-refractivity contribution < 1.29 is 14.5 Å². The number of rotatable bonds is 5. The fourth-order valence-corrected chi connectivity index (χ4v) is 1.93. The van der Waals surface area contributed by atoms with Gasteiger partial charge in [0.2, 0.25) is 0 Å². The number of nitrogens with one attached hydrogen (secondary N) is 3. The summed E-state index contributed by atoms with van der Waals surface area (Å²) < 4.78 is 0. The lowest BCUT2D eigenvalue weighted by Gasteiger charge is -2.20. The van der Waals surface area contributed by atoms with Crippen LogP contribution in [-0.2, 0) is 9.59 Å². The zero-order valence-electron chi connectivity index (χ0n) is 12.8. The highest BCUT2D eigenvalue weighted by Crippen LogP contribution is 2.17. The predicted molar refractivity (Wildman–Crippen MR) is 79.8 cm³/mol. The summed E-state index contributed by atoms with van der Waals surface area (Å²) in [5.74, 6) is -0.158. The summed E-state index contributed by atoms with van der Waals surface area (Å²) in [7, 11) is 3.44. The van der Waals surface area contributed by atoms with E-state index in [1.54, 1.807) is 14.0 Å². The standard InChI is InChI=1S/C15H23N3O2/c1-10-7-6-8-13(11(10)2)17-14(19)9-18(5)12(3)15(20)16-4/h6-8,12H,9H2,1-5H3,(H,16,20)(H,17,19)/p+1/t12-/m1/s1. The maximum Gasteiger partial charge on any atom is 0.279 e. The van der Waals surface area contributed by atoms with Crippen LogP contribution in [0.5, 0.6) is 0 Å². The molecule has 1 aromatic carbocycles. The Kier molecular flexibility index (Phi) is 5.70. The first kappa shape index (κ1) is 16.2. The molecule has 5 heteroatoms. The van der Waals surface area contributed by atoms with Crippen molar-refractivity contribution in [2.45, 2.75) is 26.8 Å². The quantitative estimate of drug-likeness (QED) is 0.704. The summed E-state index contributed by atoms with van der Waals surface area (Å²) in [4.78, 5) is 24.4. The van der Waals surface area contributed by atoms with Crippen molar-refractivity contribution in [3.63, 3.8) is 0 Å². The number of carbonyl (C=O) groups excluding carboxylic acids is 2. The molecule has 0 heterocycles. The Morgan fingerprint density at radius 2 is 1.95 bits per heavy atom. The number of amides is 2. The normalized spacial score (nSPS) is 13.4. The van der Waals surface area contributed by atoms with Gasteiger partial charge in [-0.2, -0.15) is 0 Å². The molecule has 1 rings (SSSR count). The first-order valence-electron chi connectivity index (χ1n) is 6.76. The number of hydrogen-bond donors (Lipinski definition) is 3. The Morgan fingerprint density at radius 1 is 1.30 bits per heavy atom. The molecule has 110 valence electrons. The molecule has 0 saturated carbocycles. The van der Waals surface area contributed by atoms with Crippen molar-refractivity contribution in [3.05, 3.63) is 29.3 Å². The van der Waals surface area contributed by atoms with E-state index in [0.717, 1.165) is 21.7 Å². The van der Waals surface area contributed by atoms with Gasteiger partial charge in [0.05, 0.1) is 7.05 Å². The molecular formula is C15H24N3O2+. The molecule has 1 unspecified atom stereocenters. The second kappa shape index (κ2) is 7.05. The number of benzene rings is 1. The lowest BCUT2D eigenvalue weighted by Crippen LogP contribution is -3.15. The van der Waals surface area contributed by atoms with Gasteiger partial charge in [-0.3, -0.25) is 9.59 Å². The summed E-state index contributed by atoms with van der Waals surface area (Å²) in [6.45, 7) is 6.05. The summed E-state index contributed by atoms with van der Waals surface area (Å²) >= 11 is 0. The second-order valence-electron chi connectivity index (χ2n) is 5.15. The highest BCUT2D eigenvalue weighted by atomic mass is 16.2. The van der Waals surface area contributed by atoms with E-state index in [2.05, 4.69) is 10.6 Å². The number of quaternary nitrogens is 1. The van der Waals surface area contributed by atoms with Crippen LogP contribution in [-0.4, -0.2) is 38.5 Å². The fourth-order valence-electron chi connectivity index (χ4n) is 1.93. The van der Waals surface area contributed by atoms with Gasteiger partial charge in [-0.05, 0) is 38.0 Å². The second-order valence-corrected chi connectivity index (χ2v) is 5.15. The van der Waals surface area contributed by atoms with Crippen molar-refractivity contribution >= 4 is 17.5 Å². The zero-order chi connectivity index (χ0) is 15.3. The molecule has 0 aromatic heterocycles. The van der Waals surface area contributed by atoms with E-state index in [4.69, 9.17) is 0 Å². The summed E-state index contributed by atoms with van der Waals surface area (Å²) in [6, 6.07) is 5.56. The Morgan fingerprint density at radius 3 is 2.55 bits per heavy atom. The molecule has 0 spiro atoms. The van der Waals surface area contributed by atoms with Crippen LogP contribution < -0.4 is 15.5 Å². The molecule has 0 aliphatic rings. The molecule has 0 bridgehead atoms. The molecule has 2 amide bonds. The van der Waals surface area contributed by atoms with Gasteiger partial charge in [0.15, 0.2) is 12.6 Å². The van der Waals surface area contributed by atoms with Crippen molar-refractivity contribution in [1.29, 1.82) is 0 Å². The predicted octanol–water partition coefficient (Wildman–Crippen LogP) is -0.109. The van der Waals surface area contributed by atoms with Crippen molar-refractivity contribution in [1.82, 2.24) is 5.32 Å². The van der Waals surface area contributed by atoms with Crippen LogP contribution in [0.2, 0.25) is 0 Å². The van der Waals surface area contributed by atoms with Crippen molar-refractivity contribution in [2.24, 2.45) is 0 Å². The summed E-state index contributed by atoms with van der Waals surface area (Å²) in [6.07, 6.45) is 0. The van der Waals surface area contributed by atoms with Gasteiger partial charge < -0.3 is 15.5 Å². The molecule has 0 saturated heterocycles. The Bertz CT molecular complexity index is 500. The number of likely N-dealkylation sites (N-methyl/N-ethyl adjacent to an activating group) is 2. The largest absolute Gasteiger partial charge is 0.354 e. The van der Waals surface area contributed by atoms with Crippen LogP contribution in [0.3, 0.4) is 0 Å². The molecule has 2 atom stereocenters. The molecule has 20 heavy (non-hydrogen) atoms. The fraction of sp³-hybridized carbons (Fsp3) is 0.467. The van der Waals surface area contributed by atoms with E-state index in [-0.39, 0.29) is 24.4 Å². The molecule has 3 N–H and O–H groups in total. The number of anilines is 1. The van der Waals surface area contributed by atoms with Gasteiger partial charge in [-0.25, -0.2) is 0 Å². The third-order valence-corrected chi connectivity index (χ3v) is 3.70. The van der Waals surface area contributed by atoms with Gasteiger partial charge in [0, 0.05) is 12.7 Å². The molecule has 1 aromatic rings. The van der Waals surface area contributed by atoms with E-state index in [1.807, 2.05) is 39.1 Å².